The quantitative estimate of drug-likeness (QED) is 0.146. The minimum atomic E-state index is 0.520. The highest BCUT2D eigenvalue weighted by atomic mass is 15.2. The van der Waals surface area contributed by atoms with E-state index in [0.717, 1.165) is 77.6 Å². The lowest BCUT2D eigenvalue weighted by Gasteiger charge is -2.15. The third-order valence-corrected chi connectivity index (χ3v) is 11.9. The number of fused-ring (bicyclic) bond motifs is 5. The van der Waals surface area contributed by atoms with Gasteiger partial charge < -0.3 is 4.57 Å². The SMILES string of the molecule is C=Cc1c(/C=C\C)n(-c2nc(-c3ccccc3)nc(-c3cccc(-c4ccccc4-c4ccc(-c5ccccc5)cc4)c3)n2)c2c1ccc1c3ccccc3n(-c3ccccc3)c12. The number of nitrogens with zero attached hydrogens (tertiary/aromatic N) is 5. The van der Waals surface area contributed by atoms with Crippen LogP contribution in [0.2, 0.25) is 0 Å². The molecule has 0 spiro atoms. The molecule has 0 saturated carbocycles. The van der Waals surface area contributed by atoms with Gasteiger partial charge in [-0.15, -0.1) is 0 Å². The van der Waals surface area contributed by atoms with Crippen LogP contribution in [-0.2, 0) is 0 Å². The van der Waals surface area contributed by atoms with Crippen molar-refractivity contribution in [3.05, 3.63) is 224 Å². The summed E-state index contributed by atoms with van der Waals surface area (Å²) < 4.78 is 4.58. The van der Waals surface area contributed by atoms with Crippen LogP contribution in [0.15, 0.2) is 213 Å². The molecule has 11 aromatic rings. The van der Waals surface area contributed by atoms with Gasteiger partial charge in [0.05, 0.1) is 22.2 Å². The average Bonchev–Trinajstić information content (AvgIpc) is 3.87. The van der Waals surface area contributed by atoms with Crippen molar-refractivity contribution in [3.8, 4) is 67.8 Å². The molecule has 0 bridgehead atoms. The van der Waals surface area contributed by atoms with Crippen LogP contribution in [0, 0.1) is 0 Å². The van der Waals surface area contributed by atoms with Gasteiger partial charge in [-0.1, -0.05) is 195 Å². The van der Waals surface area contributed by atoms with E-state index in [-0.39, 0.29) is 0 Å². The molecule has 8 aromatic carbocycles. The van der Waals surface area contributed by atoms with Crippen LogP contribution in [0.3, 0.4) is 0 Å². The van der Waals surface area contributed by atoms with Crippen molar-refractivity contribution in [2.45, 2.75) is 6.92 Å². The first-order chi connectivity index (χ1) is 31.2. The highest BCUT2D eigenvalue weighted by Crippen LogP contribution is 2.42. The summed E-state index contributed by atoms with van der Waals surface area (Å²) >= 11 is 0. The summed E-state index contributed by atoms with van der Waals surface area (Å²) in [5.74, 6) is 1.69. The van der Waals surface area contributed by atoms with Gasteiger partial charge in [0.2, 0.25) is 5.95 Å². The van der Waals surface area contributed by atoms with Crippen molar-refractivity contribution in [2.75, 3.05) is 0 Å². The molecule has 0 unspecified atom stereocenters. The molecule has 0 radical (unpaired) electrons. The summed E-state index contributed by atoms with van der Waals surface area (Å²) in [7, 11) is 0. The number of hydrogen-bond acceptors (Lipinski definition) is 3. The highest BCUT2D eigenvalue weighted by molar-refractivity contribution is 6.19. The minimum Gasteiger partial charge on any atom is -0.307 e. The van der Waals surface area contributed by atoms with Gasteiger partial charge in [-0.05, 0) is 70.6 Å². The Morgan fingerprint density at radius 3 is 1.68 bits per heavy atom. The van der Waals surface area contributed by atoms with Crippen LogP contribution in [0.1, 0.15) is 18.2 Å². The van der Waals surface area contributed by atoms with E-state index in [1.165, 1.54) is 16.5 Å². The van der Waals surface area contributed by atoms with Crippen molar-refractivity contribution in [1.29, 1.82) is 0 Å². The molecule has 5 nitrogen and oxygen atoms in total. The molecule has 5 heteroatoms. The lowest BCUT2D eigenvalue weighted by molar-refractivity contribution is 0.926. The van der Waals surface area contributed by atoms with E-state index in [1.807, 2.05) is 31.2 Å². The first-order valence-corrected chi connectivity index (χ1v) is 21.3. The predicted molar refractivity (Wildman–Crippen MR) is 263 cm³/mol. The van der Waals surface area contributed by atoms with Crippen LogP contribution in [0.25, 0.3) is 113 Å². The Hall–Kier alpha value is -8.41. The largest absolute Gasteiger partial charge is 0.307 e. The zero-order chi connectivity index (χ0) is 42.3. The maximum Gasteiger partial charge on any atom is 0.238 e. The van der Waals surface area contributed by atoms with Crippen LogP contribution in [0.5, 0.6) is 0 Å². The molecule has 3 heterocycles. The molecule has 0 N–H and O–H groups in total. The second-order valence-corrected chi connectivity index (χ2v) is 15.6. The van der Waals surface area contributed by atoms with E-state index < -0.39 is 0 Å². The molecule has 298 valence electrons. The molecule has 0 aliphatic heterocycles. The highest BCUT2D eigenvalue weighted by Gasteiger charge is 2.25. The number of para-hydroxylation sites is 2. The van der Waals surface area contributed by atoms with E-state index in [1.54, 1.807) is 0 Å². The van der Waals surface area contributed by atoms with E-state index in [4.69, 9.17) is 15.0 Å². The molecule has 63 heavy (non-hydrogen) atoms. The molecule has 0 saturated heterocycles. The number of allylic oxidation sites excluding steroid dienone is 1. The number of aromatic nitrogens is 5. The molecule has 0 atom stereocenters. The topological polar surface area (TPSA) is 48.5 Å². The van der Waals surface area contributed by atoms with Gasteiger partial charge in [-0.2, -0.15) is 9.97 Å². The minimum absolute atomic E-state index is 0.520. The zero-order valence-corrected chi connectivity index (χ0v) is 34.7. The fourth-order valence-electron chi connectivity index (χ4n) is 9.05. The normalized spacial score (nSPS) is 11.6. The summed E-state index contributed by atoms with van der Waals surface area (Å²) in [4.78, 5) is 16.0. The average molecular weight is 808 g/mol. The smallest absolute Gasteiger partial charge is 0.238 e. The van der Waals surface area contributed by atoms with E-state index >= 15 is 0 Å². The van der Waals surface area contributed by atoms with Gasteiger partial charge in [0.25, 0.3) is 0 Å². The summed E-state index contributed by atoms with van der Waals surface area (Å²) in [5.41, 5.74) is 14.9. The Balaban J connectivity index is 1.14. The van der Waals surface area contributed by atoms with Crippen molar-refractivity contribution in [3.63, 3.8) is 0 Å². The van der Waals surface area contributed by atoms with E-state index in [2.05, 4.69) is 210 Å². The Bertz CT molecular complexity index is 3510. The second-order valence-electron chi connectivity index (χ2n) is 15.6. The van der Waals surface area contributed by atoms with Gasteiger partial charge in [0, 0.05) is 38.5 Å². The zero-order valence-electron chi connectivity index (χ0n) is 34.7. The van der Waals surface area contributed by atoms with Gasteiger partial charge >= 0.3 is 0 Å². The molecule has 11 rings (SSSR count). The Kier molecular flexibility index (Phi) is 9.48. The van der Waals surface area contributed by atoms with Crippen LogP contribution in [0.4, 0.5) is 0 Å². The third-order valence-electron chi connectivity index (χ3n) is 11.9. The first-order valence-electron chi connectivity index (χ1n) is 21.3. The molecule has 0 fully saturated rings. The predicted octanol–water partition coefficient (Wildman–Crippen LogP) is 14.9. The fourth-order valence-corrected chi connectivity index (χ4v) is 9.05. The van der Waals surface area contributed by atoms with Gasteiger partial charge in [-0.25, -0.2) is 4.98 Å². The molecular weight excluding hydrogens is 767 g/mol. The standard InChI is InChI=1S/C58H41N5/c1-3-19-52-46(4-2)50-36-37-51-49-30-16-17-31-53(49)62(45-26-12-7-13-27-45)54(51)55(50)63(52)58-60-56(42-22-10-6-11-23-42)59-57(61-58)44-25-18-24-43(38-44)48-29-15-14-28-47(48)41-34-32-40(33-35-41)39-20-8-5-9-21-39/h3-38H,2H2,1H3/b19-3-. The van der Waals surface area contributed by atoms with Crippen molar-refractivity contribution in [1.82, 2.24) is 24.1 Å². The monoisotopic (exact) mass is 807 g/mol. The Labute approximate surface area is 366 Å². The first kappa shape index (κ1) is 37.6. The maximum atomic E-state index is 5.42. The summed E-state index contributed by atoms with van der Waals surface area (Å²) in [6.45, 7) is 6.39. The van der Waals surface area contributed by atoms with E-state index in [9.17, 15) is 0 Å². The van der Waals surface area contributed by atoms with Crippen molar-refractivity contribution in [2.24, 2.45) is 0 Å². The summed E-state index contributed by atoms with van der Waals surface area (Å²) in [5, 5.41) is 3.37. The Morgan fingerprint density at radius 2 is 0.968 bits per heavy atom. The maximum absolute atomic E-state index is 5.42. The summed E-state index contributed by atoms with van der Waals surface area (Å²) in [6, 6.07) is 70.3. The number of benzene rings is 8. The van der Waals surface area contributed by atoms with Gasteiger partial charge in [0.1, 0.15) is 0 Å². The lowest BCUT2D eigenvalue weighted by atomic mass is 9.92. The number of rotatable bonds is 9. The van der Waals surface area contributed by atoms with Crippen LogP contribution in [-0.4, -0.2) is 24.1 Å². The summed E-state index contributed by atoms with van der Waals surface area (Å²) in [6.07, 6.45) is 6.15. The van der Waals surface area contributed by atoms with Crippen molar-refractivity contribution >= 4 is 44.9 Å². The lowest BCUT2D eigenvalue weighted by Crippen LogP contribution is -2.08. The van der Waals surface area contributed by atoms with Crippen LogP contribution < -0.4 is 0 Å². The third kappa shape index (κ3) is 6.55. The van der Waals surface area contributed by atoms with Gasteiger partial charge in [-0.3, -0.25) is 4.57 Å². The number of hydrogen-bond donors (Lipinski definition) is 0. The fraction of sp³-hybridized carbons (Fsp3) is 0.0172. The van der Waals surface area contributed by atoms with Crippen molar-refractivity contribution < 1.29 is 0 Å². The molecular formula is C58H41N5. The Morgan fingerprint density at radius 1 is 0.429 bits per heavy atom. The second kappa shape index (κ2) is 15.9. The van der Waals surface area contributed by atoms with Crippen LogP contribution >= 0.6 is 0 Å². The molecule has 0 amide bonds. The molecule has 0 aliphatic carbocycles. The van der Waals surface area contributed by atoms with Gasteiger partial charge in [0.15, 0.2) is 11.6 Å². The molecule has 3 aromatic heterocycles. The molecule has 0 aliphatic rings. The van der Waals surface area contributed by atoms with E-state index in [0.29, 0.717) is 17.6 Å².